The first-order valence-corrected chi connectivity index (χ1v) is 7.15. The van der Waals surface area contributed by atoms with Gasteiger partial charge in [-0.15, -0.1) is 0 Å². The minimum Gasteiger partial charge on any atom is -0.493 e. The molecule has 2 unspecified atom stereocenters. The normalized spacial score (nSPS) is 20.8. The van der Waals surface area contributed by atoms with E-state index in [0.29, 0.717) is 18.3 Å². The second-order valence-electron chi connectivity index (χ2n) is 5.27. The molecule has 21 heavy (non-hydrogen) atoms. The lowest BCUT2D eigenvalue weighted by atomic mass is 10.0. The van der Waals surface area contributed by atoms with Gasteiger partial charge in [0.1, 0.15) is 0 Å². The van der Waals surface area contributed by atoms with Crippen molar-refractivity contribution in [2.45, 2.75) is 38.5 Å². The van der Waals surface area contributed by atoms with E-state index in [-0.39, 0.29) is 11.8 Å². The standard InChI is InChI=1S/C15H22F2N2O2/c1-10-4-3-7-19(10)12(9-18)11-5-6-13(20-2)14(8-11)21-15(16)17/h5-6,8,10,12,15H,3-4,7,9,18H2,1-2H3. The highest BCUT2D eigenvalue weighted by molar-refractivity contribution is 5.44. The van der Waals surface area contributed by atoms with E-state index in [1.54, 1.807) is 12.1 Å². The number of nitrogens with zero attached hydrogens (tertiary/aromatic N) is 1. The van der Waals surface area contributed by atoms with Crippen LogP contribution in [0, 0.1) is 0 Å². The Morgan fingerprint density at radius 3 is 2.67 bits per heavy atom. The summed E-state index contributed by atoms with van der Waals surface area (Å²) in [6.07, 6.45) is 2.27. The van der Waals surface area contributed by atoms with E-state index in [2.05, 4.69) is 16.6 Å². The van der Waals surface area contributed by atoms with Gasteiger partial charge in [-0.25, -0.2) is 0 Å². The average Bonchev–Trinajstić information content (AvgIpc) is 2.86. The number of methoxy groups -OCH3 is 1. The van der Waals surface area contributed by atoms with E-state index in [1.807, 2.05) is 6.07 Å². The van der Waals surface area contributed by atoms with Gasteiger partial charge in [-0.2, -0.15) is 8.78 Å². The van der Waals surface area contributed by atoms with Gasteiger partial charge in [0.05, 0.1) is 7.11 Å². The third kappa shape index (κ3) is 3.63. The Labute approximate surface area is 123 Å². The quantitative estimate of drug-likeness (QED) is 0.877. The van der Waals surface area contributed by atoms with Crippen LogP contribution >= 0.6 is 0 Å². The number of benzene rings is 1. The Bertz CT molecular complexity index is 471. The summed E-state index contributed by atoms with van der Waals surface area (Å²) in [5.41, 5.74) is 6.78. The predicted molar refractivity (Wildman–Crippen MR) is 76.8 cm³/mol. The molecule has 6 heteroatoms. The zero-order valence-corrected chi connectivity index (χ0v) is 12.4. The molecule has 0 amide bonds. The molecule has 1 heterocycles. The van der Waals surface area contributed by atoms with E-state index < -0.39 is 6.61 Å². The second kappa shape index (κ2) is 7.04. The maximum absolute atomic E-state index is 12.5. The number of ether oxygens (including phenoxy) is 2. The van der Waals surface area contributed by atoms with Gasteiger partial charge in [-0.05, 0) is 44.0 Å². The van der Waals surface area contributed by atoms with Crippen molar-refractivity contribution in [2.75, 3.05) is 20.2 Å². The first kappa shape index (κ1) is 16.0. The lowest BCUT2D eigenvalue weighted by Gasteiger charge is -2.31. The molecule has 118 valence electrons. The molecule has 1 aliphatic rings. The van der Waals surface area contributed by atoms with Gasteiger partial charge in [0.15, 0.2) is 11.5 Å². The van der Waals surface area contributed by atoms with E-state index in [0.717, 1.165) is 24.9 Å². The SMILES string of the molecule is COc1ccc(C(CN)N2CCCC2C)cc1OC(F)F. The number of alkyl halides is 2. The summed E-state index contributed by atoms with van der Waals surface area (Å²) in [6, 6.07) is 5.57. The fourth-order valence-electron chi connectivity index (χ4n) is 2.97. The van der Waals surface area contributed by atoms with Gasteiger partial charge in [0.25, 0.3) is 0 Å². The molecule has 1 saturated heterocycles. The smallest absolute Gasteiger partial charge is 0.387 e. The predicted octanol–water partition coefficient (Wildman–Crippen LogP) is 2.78. The number of hydrogen-bond acceptors (Lipinski definition) is 4. The van der Waals surface area contributed by atoms with E-state index in [9.17, 15) is 8.78 Å². The molecule has 2 atom stereocenters. The molecule has 0 aliphatic carbocycles. The van der Waals surface area contributed by atoms with Crippen molar-refractivity contribution in [3.05, 3.63) is 23.8 Å². The molecule has 1 fully saturated rings. The fraction of sp³-hybridized carbons (Fsp3) is 0.600. The van der Waals surface area contributed by atoms with Crippen LogP contribution in [-0.4, -0.2) is 37.8 Å². The molecule has 2 rings (SSSR count). The maximum atomic E-state index is 12.5. The van der Waals surface area contributed by atoms with Crippen molar-refractivity contribution < 1.29 is 18.3 Å². The van der Waals surface area contributed by atoms with Crippen LogP contribution in [0.4, 0.5) is 8.78 Å². The molecule has 0 spiro atoms. The molecule has 0 aromatic heterocycles. The summed E-state index contributed by atoms with van der Waals surface area (Å²) < 4.78 is 34.6. The summed E-state index contributed by atoms with van der Waals surface area (Å²) >= 11 is 0. The second-order valence-corrected chi connectivity index (χ2v) is 5.27. The van der Waals surface area contributed by atoms with Crippen LogP contribution in [0.1, 0.15) is 31.4 Å². The van der Waals surface area contributed by atoms with Gasteiger partial charge in [-0.3, -0.25) is 4.90 Å². The zero-order chi connectivity index (χ0) is 15.4. The van der Waals surface area contributed by atoms with E-state index >= 15 is 0 Å². The lowest BCUT2D eigenvalue weighted by molar-refractivity contribution is -0.0513. The summed E-state index contributed by atoms with van der Waals surface area (Å²) in [4.78, 5) is 2.31. The van der Waals surface area contributed by atoms with Crippen molar-refractivity contribution in [3.63, 3.8) is 0 Å². The number of halogens is 2. The molecular weight excluding hydrogens is 278 g/mol. The topological polar surface area (TPSA) is 47.7 Å². The third-order valence-corrected chi connectivity index (χ3v) is 4.02. The summed E-state index contributed by atoms with van der Waals surface area (Å²) in [6.45, 7) is 0.692. The third-order valence-electron chi connectivity index (χ3n) is 4.02. The van der Waals surface area contributed by atoms with Crippen molar-refractivity contribution in [1.82, 2.24) is 4.90 Å². The van der Waals surface area contributed by atoms with Crippen molar-refractivity contribution in [3.8, 4) is 11.5 Å². The first-order valence-electron chi connectivity index (χ1n) is 7.15. The summed E-state index contributed by atoms with van der Waals surface area (Å²) in [5, 5.41) is 0. The van der Waals surface area contributed by atoms with Gasteiger partial charge < -0.3 is 15.2 Å². The monoisotopic (exact) mass is 300 g/mol. The zero-order valence-electron chi connectivity index (χ0n) is 12.4. The van der Waals surface area contributed by atoms with Crippen LogP contribution in [0.15, 0.2) is 18.2 Å². The number of likely N-dealkylation sites (tertiary alicyclic amines) is 1. The molecule has 4 nitrogen and oxygen atoms in total. The lowest BCUT2D eigenvalue weighted by Crippen LogP contribution is -2.36. The minimum atomic E-state index is -2.88. The van der Waals surface area contributed by atoms with Gasteiger partial charge >= 0.3 is 6.61 Å². The highest BCUT2D eigenvalue weighted by Gasteiger charge is 2.28. The average molecular weight is 300 g/mol. The molecule has 0 bridgehead atoms. The molecule has 1 aromatic carbocycles. The molecule has 0 radical (unpaired) electrons. The first-order chi connectivity index (χ1) is 10.1. The maximum Gasteiger partial charge on any atom is 0.387 e. The molecule has 0 saturated carbocycles. The van der Waals surface area contributed by atoms with Crippen LogP contribution in [0.3, 0.4) is 0 Å². The van der Waals surface area contributed by atoms with Crippen LogP contribution in [0.5, 0.6) is 11.5 Å². The van der Waals surface area contributed by atoms with Crippen molar-refractivity contribution >= 4 is 0 Å². The molecule has 1 aliphatic heterocycles. The Morgan fingerprint density at radius 2 is 2.14 bits per heavy atom. The van der Waals surface area contributed by atoms with Crippen molar-refractivity contribution in [1.29, 1.82) is 0 Å². The highest BCUT2D eigenvalue weighted by Crippen LogP contribution is 2.35. The van der Waals surface area contributed by atoms with Gasteiger partial charge in [0.2, 0.25) is 0 Å². The summed E-state index contributed by atoms with van der Waals surface area (Å²) in [7, 11) is 1.43. The molecule has 1 aromatic rings. The van der Waals surface area contributed by atoms with Crippen LogP contribution in [0.2, 0.25) is 0 Å². The van der Waals surface area contributed by atoms with Crippen LogP contribution in [0.25, 0.3) is 0 Å². The Balaban J connectivity index is 2.28. The van der Waals surface area contributed by atoms with Crippen LogP contribution < -0.4 is 15.2 Å². The number of nitrogens with two attached hydrogens (primary N) is 1. The summed E-state index contributed by atoms with van der Waals surface area (Å²) in [5.74, 6) is 0.347. The molecular formula is C15H22F2N2O2. The van der Waals surface area contributed by atoms with Crippen molar-refractivity contribution in [2.24, 2.45) is 5.73 Å². The Kier molecular flexibility index (Phi) is 5.36. The number of rotatable bonds is 6. The minimum absolute atomic E-state index is 0.00780. The largest absolute Gasteiger partial charge is 0.493 e. The molecule has 2 N–H and O–H groups in total. The number of hydrogen-bond donors (Lipinski definition) is 1. The van der Waals surface area contributed by atoms with Gasteiger partial charge in [-0.1, -0.05) is 6.07 Å². The Hall–Kier alpha value is -1.40. The van der Waals surface area contributed by atoms with Gasteiger partial charge in [0, 0.05) is 18.6 Å². The van der Waals surface area contributed by atoms with Crippen LogP contribution in [-0.2, 0) is 0 Å². The van der Waals surface area contributed by atoms with E-state index in [4.69, 9.17) is 10.5 Å². The van der Waals surface area contributed by atoms with E-state index in [1.165, 1.54) is 7.11 Å². The fourth-order valence-corrected chi connectivity index (χ4v) is 2.97. The Morgan fingerprint density at radius 1 is 1.38 bits per heavy atom. The highest BCUT2D eigenvalue weighted by atomic mass is 19.3.